The number of nitrogens with two attached hydrogens (primary N) is 1. The molecule has 0 aliphatic rings. The van der Waals surface area contributed by atoms with Crippen LogP contribution in [0.1, 0.15) is 12.0 Å². The zero-order valence-electron chi connectivity index (χ0n) is 7.68. The number of benzene rings is 1. The smallest absolute Gasteiger partial charge is 0.304 e. The minimum absolute atomic E-state index is 0.0890. The van der Waals surface area contributed by atoms with Crippen molar-refractivity contribution in [3.05, 3.63) is 29.8 Å². The van der Waals surface area contributed by atoms with Gasteiger partial charge in [0, 0.05) is 6.04 Å². The summed E-state index contributed by atoms with van der Waals surface area (Å²) >= 11 is 0. The Balaban J connectivity index is 2.60. The number of phenols is 1. The maximum atomic E-state index is 10.3. The van der Waals surface area contributed by atoms with Crippen LogP contribution in [-0.2, 0) is 11.2 Å². The molecule has 4 N–H and O–H groups in total. The maximum Gasteiger partial charge on any atom is 0.304 e. The van der Waals surface area contributed by atoms with Crippen LogP contribution in [0.4, 0.5) is 0 Å². The third kappa shape index (κ3) is 3.06. The van der Waals surface area contributed by atoms with Gasteiger partial charge in [-0.25, -0.2) is 0 Å². The van der Waals surface area contributed by atoms with Crippen molar-refractivity contribution in [2.24, 2.45) is 5.73 Å². The van der Waals surface area contributed by atoms with Crippen LogP contribution in [0, 0.1) is 0 Å². The summed E-state index contributed by atoms with van der Waals surface area (Å²) in [6, 6.07) is 6.32. The average molecular weight is 195 g/mol. The Kier molecular flexibility index (Phi) is 3.48. The normalized spacial score (nSPS) is 12.4. The highest BCUT2D eigenvalue weighted by Gasteiger charge is 2.10. The number of aliphatic carboxylic acids is 1. The van der Waals surface area contributed by atoms with E-state index in [0.717, 1.165) is 0 Å². The van der Waals surface area contributed by atoms with Crippen molar-refractivity contribution in [1.82, 2.24) is 0 Å². The highest BCUT2D eigenvalue weighted by molar-refractivity contribution is 5.67. The Hall–Kier alpha value is -1.55. The predicted octanol–water partition coefficient (Wildman–Crippen LogP) is 0.737. The molecule has 0 bridgehead atoms. The number of hydrogen-bond donors (Lipinski definition) is 3. The first-order valence-corrected chi connectivity index (χ1v) is 4.34. The van der Waals surface area contributed by atoms with Crippen LogP contribution >= 0.6 is 0 Å². The number of carbonyl (C=O) groups is 1. The third-order valence-corrected chi connectivity index (χ3v) is 1.91. The minimum atomic E-state index is -0.923. The van der Waals surface area contributed by atoms with Crippen molar-refractivity contribution in [3.8, 4) is 5.75 Å². The second kappa shape index (κ2) is 4.62. The van der Waals surface area contributed by atoms with Gasteiger partial charge in [0.05, 0.1) is 6.42 Å². The topological polar surface area (TPSA) is 83.6 Å². The molecular formula is C10H13NO3. The minimum Gasteiger partial charge on any atom is -0.508 e. The molecule has 0 saturated carbocycles. The van der Waals surface area contributed by atoms with E-state index in [0.29, 0.717) is 12.0 Å². The van der Waals surface area contributed by atoms with E-state index in [1.165, 1.54) is 0 Å². The van der Waals surface area contributed by atoms with Crippen molar-refractivity contribution < 1.29 is 15.0 Å². The van der Waals surface area contributed by atoms with Gasteiger partial charge in [-0.15, -0.1) is 0 Å². The second-order valence-electron chi connectivity index (χ2n) is 3.19. The van der Waals surface area contributed by atoms with E-state index in [4.69, 9.17) is 10.8 Å². The molecule has 1 atom stereocenters. The van der Waals surface area contributed by atoms with E-state index in [1.807, 2.05) is 0 Å². The van der Waals surface area contributed by atoms with Gasteiger partial charge < -0.3 is 15.9 Å². The molecule has 0 spiro atoms. The van der Waals surface area contributed by atoms with E-state index in [9.17, 15) is 9.90 Å². The van der Waals surface area contributed by atoms with Crippen LogP contribution in [0.3, 0.4) is 0 Å². The van der Waals surface area contributed by atoms with Crippen molar-refractivity contribution >= 4 is 5.97 Å². The zero-order valence-corrected chi connectivity index (χ0v) is 7.68. The molecule has 4 nitrogen and oxygen atoms in total. The lowest BCUT2D eigenvalue weighted by molar-refractivity contribution is -0.137. The summed E-state index contributed by atoms with van der Waals surface area (Å²) in [7, 11) is 0. The van der Waals surface area contributed by atoms with E-state index < -0.39 is 12.0 Å². The van der Waals surface area contributed by atoms with Crippen molar-refractivity contribution in [1.29, 1.82) is 0 Å². The van der Waals surface area contributed by atoms with E-state index in [1.54, 1.807) is 24.3 Å². The predicted molar refractivity (Wildman–Crippen MR) is 52.0 cm³/mol. The Bertz CT molecular complexity index is 325. The van der Waals surface area contributed by atoms with E-state index >= 15 is 0 Å². The largest absolute Gasteiger partial charge is 0.508 e. The fourth-order valence-electron chi connectivity index (χ4n) is 1.26. The van der Waals surface area contributed by atoms with Gasteiger partial charge in [-0.05, 0) is 18.1 Å². The molecule has 1 aromatic carbocycles. The molecule has 0 aliphatic carbocycles. The molecule has 0 radical (unpaired) electrons. The van der Waals surface area contributed by atoms with Crippen LogP contribution in [0.2, 0.25) is 0 Å². The summed E-state index contributed by atoms with van der Waals surface area (Å²) in [5.41, 5.74) is 6.27. The molecule has 4 heteroatoms. The Morgan fingerprint density at radius 2 is 2.07 bits per heavy atom. The van der Waals surface area contributed by atoms with Crippen LogP contribution in [0.15, 0.2) is 24.3 Å². The van der Waals surface area contributed by atoms with E-state index in [-0.39, 0.29) is 12.2 Å². The SMILES string of the molecule is NC(CC(=O)O)Cc1ccccc1O. The second-order valence-corrected chi connectivity index (χ2v) is 3.19. The molecule has 0 saturated heterocycles. The van der Waals surface area contributed by atoms with Gasteiger partial charge in [0.2, 0.25) is 0 Å². The Morgan fingerprint density at radius 1 is 1.43 bits per heavy atom. The van der Waals surface area contributed by atoms with Crippen molar-refractivity contribution in [2.75, 3.05) is 0 Å². The van der Waals surface area contributed by atoms with Gasteiger partial charge in [-0.2, -0.15) is 0 Å². The lowest BCUT2D eigenvalue weighted by Crippen LogP contribution is -2.26. The molecule has 1 unspecified atom stereocenters. The molecule has 0 aromatic heterocycles. The fraction of sp³-hybridized carbons (Fsp3) is 0.300. The summed E-state index contributed by atoms with van der Waals surface area (Å²) in [5.74, 6) is -0.763. The molecule has 0 aliphatic heterocycles. The van der Waals surface area contributed by atoms with Gasteiger partial charge in [-0.3, -0.25) is 4.79 Å². The number of aromatic hydroxyl groups is 1. The van der Waals surface area contributed by atoms with E-state index in [2.05, 4.69) is 0 Å². The number of carboxylic acid groups (broad SMARTS) is 1. The number of phenolic OH excluding ortho intramolecular Hbond substituents is 1. The molecule has 1 rings (SSSR count). The van der Waals surface area contributed by atoms with Gasteiger partial charge in [0.1, 0.15) is 5.75 Å². The maximum absolute atomic E-state index is 10.3. The number of rotatable bonds is 4. The summed E-state index contributed by atoms with van der Waals surface area (Å²) in [4.78, 5) is 10.3. The third-order valence-electron chi connectivity index (χ3n) is 1.91. The summed E-state index contributed by atoms with van der Waals surface area (Å²) < 4.78 is 0. The molecule has 1 aromatic rings. The molecule has 0 amide bonds. The average Bonchev–Trinajstić information content (AvgIpc) is 2.07. The first-order chi connectivity index (χ1) is 6.59. The van der Waals surface area contributed by atoms with Crippen LogP contribution in [0.5, 0.6) is 5.75 Å². The first-order valence-electron chi connectivity index (χ1n) is 4.34. The van der Waals surface area contributed by atoms with Gasteiger partial charge in [0.25, 0.3) is 0 Å². The Morgan fingerprint density at radius 3 is 2.64 bits per heavy atom. The fourth-order valence-corrected chi connectivity index (χ4v) is 1.26. The quantitative estimate of drug-likeness (QED) is 0.661. The number of para-hydroxylation sites is 1. The molecular weight excluding hydrogens is 182 g/mol. The zero-order chi connectivity index (χ0) is 10.6. The standard InChI is InChI=1S/C10H13NO3/c11-8(6-10(13)14)5-7-3-1-2-4-9(7)12/h1-4,8,12H,5-6,11H2,(H,13,14). The molecule has 0 fully saturated rings. The molecule has 0 heterocycles. The highest BCUT2D eigenvalue weighted by atomic mass is 16.4. The van der Waals surface area contributed by atoms with Crippen LogP contribution < -0.4 is 5.73 Å². The lowest BCUT2D eigenvalue weighted by atomic mass is 10.0. The first kappa shape index (κ1) is 10.5. The van der Waals surface area contributed by atoms with Crippen molar-refractivity contribution in [2.45, 2.75) is 18.9 Å². The molecule has 76 valence electrons. The van der Waals surface area contributed by atoms with Crippen LogP contribution in [-0.4, -0.2) is 22.2 Å². The van der Waals surface area contributed by atoms with Crippen molar-refractivity contribution in [3.63, 3.8) is 0 Å². The van der Waals surface area contributed by atoms with Gasteiger partial charge in [-0.1, -0.05) is 18.2 Å². The monoisotopic (exact) mass is 195 g/mol. The summed E-state index contributed by atoms with van der Waals surface area (Å²) in [6.07, 6.45) is 0.285. The Labute approximate surface area is 82.0 Å². The summed E-state index contributed by atoms with van der Waals surface area (Å²) in [5, 5.41) is 17.9. The number of hydrogen-bond acceptors (Lipinski definition) is 3. The molecule has 14 heavy (non-hydrogen) atoms. The van der Waals surface area contributed by atoms with Crippen LogP contribution in [0.25, 0.3) is 0 Å². The lowest BCUT2D eigenvalue weighted by Gasteiger charge is -2.09. The van der Waals surface area contributed by atoms with Gasteiger partial charge in [0.15, 0.2) is 0 Å². The van der Waals surface area contributed by atoms with Gasteiger partial charge >= 0.3 is 5.97 Å². The highest BCUT2D eigenvalue weighted by Crippen LogP contribution is 2.17. The number of carboxylic acids is 1. The summed E-state index contributed by atoms with van der Waals surface area (Å²) in [6.45, 7) is 0.